The Kier molecular flexibility index (Phi) is 5.52. The van der Waals surface area contributed by atoms with Crippen LogP contribution in [0.1, 0.15) is 36.5 Å². The lowest BCUT2D eigenvalue weighted by atomic mass is 10.1. The molecule has 1 heterocycles. The third-order valence-corrected chi connectivity index (χ3v) is 4.53. The van der Waals surface area contributed by atoms with Crippen molar-refractivity contribution in [1.82, 2.24) is 4.57 Å². The van der Waals surface area contributed by atoms with E-state index in [-0.39, 0.29) is 16.9 Å². The van der Waals surface area contributed by atoms with Crippen LogP contribution in [0.2, 0.25) is 0 Å². The predicted octanol–water partition coefficient (Wildman–Crippen LogP) is 4.43. The number of nitrogens with zero attached hydrogens (tertiary/aromatic N) is 2. The Labute approximate surface area is 153 Å². The van der Waals surface area contributed by atoms with E-state index in [0.29, 0.717) is 18.5 Å². The highest BCUT2D eigenvalue weighted by atomic mass is 16.3. The zero-order valence-electron chi connectivity index (χ0n) is 15.3. The molecule has 3 aromatic rings. The average Bonchev–Trinajstić information content (AvgIpc) is 2.66. The third kappa shape index (κ3) is 3.69. The maximum atomic E-state index is 12.9. The van der Waals surface area contributed by atoms with Gasteiger partial charge in [0.25, 0.3) is 5.56 Å². The van der Waals surface area contributed by atoms with Crippen LogP contribution < -0.4 is 5.56 Å². The first-order chi connectivity index (χ1) is 12.6. The fourth-order valence-corrected chi connectivity index (χ4v) is 3.00. The number of aryl methyl sites for hydroxylation is 2. The van der Waals surface area contributed by atoms with Crippen molar-refractivity contribution in [2.45, 2.75) is 39.8 Å². The number of aromatic hydroxyl groups is 1. The van der Waals surface area contributed by atoms with Gasteiger partial charge in [-0.05, 0) is 31.0 Å². The number of aliphatic imine (C=N–C) groups is 1. The molecule has 0 radical (unpaired) electrons. The van der Waals surface area contributed by atoms with E-state index < -0.39 is 0 Å². The van der Waals surface area contributed by atoms with E-state index in [0.717, 1.165) is 23.9 Å². The lowest BCUT2D eigenvalue weighted by Crippen LogP contribution is -2.24. The second kappa shape index (κ2) is 8.00. The van der Waals surface area contributed by atoms with Gasteiger partial charge < -0.3 is 9.67 Å². The molecule has 0 fully saturated rings. The number of benzene rings is 2. The first kappa shape index (κ1) is 17.9. The molecule has 0 atom stereocenters. The van der Waals surface area contributed by atoms with Crippen LogP contribution in [0.15, 0.2) is 58.3 Å². The van der Waals surface area contributed by atoms with Crippen molar-refractivity contribution in [3.8, 4) is 5.75 Å². The summed E-state index contributed by atoms with van der Waals surface area (Å²) in [6.07, 6.45) is 3.42. The van der Waals surface area contributed by atoms with Gasteiger partial charge in [-0.3, -0.25) is 9.79 Å². The molecule has 0 aliphatic heterocycles. The summed E-state index contributed by atoms with van der Waals surface area (Å²) in [5, 5.41) is 11.3. The molecule has 1 aromatic heterocycles. The van der Waals surface area contributed by atoms with Gasteiger partial charge in [-0.2, -0.15) is 0 Å². The fraction of sp³-hybridized carbons (Fsp3) is 0.273. The number of rotatable bonds is 6. The standard InChI is InChI=1S/C22H24N2O2/c1-3-4-13-24-20-8-6-5-7-18(20)21(25)19(22(24)26)15-23-14-17-11-9-16(2)10-12-17/h5-12,15,25H,3-4,13-14H2,1-2H3. The summed E-state index contributed by atoms with van der Waals surface area (Å²) in [5.41, 5.74) is 3.09. The van der Waals surface area contributed by atoms with E-state index in [4.69, 9.17) is 0 Å². The highest BCUT2D eigenvalue weighted by molar-refractivity contribution is 5.95. The number of aromatic nitrogens is 1. The molecule has 4 nitrogen and oxygen atoms in total. The molecule has 3 rings (SSSR count). The lowest BCUT2D eigenvalue weighted by Gasteiger charge is -2.13. The molecule has 2 aromatic carbocycles. The van der Waals surface area contributed by atoms with Gasteiger partial charge in [0.2, 0.25) is 0 Å². The maximum Gasteiger partial charge on any atom is 0.263 e. The van der Waals surface area contributed by atoms with Crippen molar-refractivity contribution in [2.24, 2.45) is 4.99 Å². The summed E-state index contributed by atoms with van der Waals surface area (Å²) in [6.45, 7) is 5.24. The number of hydrogen-bond donors (Lipinski definition) is 1. The second-order valence-corrected chi connectivity index (χ2v) is 6.55. The van der Waals surface area contributed by atoms with E-state index in [1.807, 2.05) is 55.5 Å². The van der Waals surface area contributed by atoms with E-state index in [1.54, 1.807) is 4.57 Å². The zero-order chi connectivity index (χ0) is 18.5. The number of para-hydroxylation sites is 1. The molecular weight excluding hydrogens is 324 g/mol. The van der Waals surface area contributed by atoms with E-state index >= 15 is 0 Å². The van der Waals surface area contributed by atoms with Gasteiger partial charge in [-0.1, -0.05) is 55.3 Å². The van der Waals surface area contributed by atoms with Gasteiger partial charge in [0.05, 0.1) is 12.1 Å². The molecule has 26 heavy (non-hydrogen) atoms. The molecule has 0 aliphatic rings. The van der Waals surface area contributed by atoms with Crippen molar-refractivity contribution < 1.29 is 5.11 Å². The monoisotopic (exact) mass is 348 g/mol. The molecule has 0 saturated heterocycles. The molecular formula is C22H24N2O2. The molecule has 0 unspecified atom stereocenters. The zero-order valence-corrected chi connectivity index (χ0v) is 15.3. The third-order valence-electron chi connectivity index (χ3n) is 4.53. The molecule has 1 N–H and O–H groups in total. The molecule has 0 saturated carbocycles. The second-order valence-electron chi connectivity index (χ2n) is 6.55. The highest BCUT2D eigenvalue weighted by Crippen LogP contribution is 2.25. The van der Waals surface area contributed by atoms with Crippen molar-refractivity contribution in [2.75, 3.05) is 0 Å². The average molecular weight is 348 g/mol. The predicted molar refractivity (Wildman–Crippen MR) is 107 cm³/mol. The molecule has 4 heteroatoms. The minimum atomic E-state index is -0.192. The molecule has 134 valence electrons. The van der Waals surface area contributed by atoms with Crippen molar-refractivity contribution in [3.05, 3.63) is 75.6 Å². The van der Waals surface area contributed by atoms with Crippen LogP contribution in [0, 0.1) is 6.92 Å². The van der Waals surface area contributed by atoms with Gasteiger partial charge in [0.15, 0.2) is 0 Å². The smallest absolute Gasteiger partial charge is 0.263 e. The van der Waals surface area contributed by atoms with E-state index in [1.165, 1.54) is 11.8 Å². The Morgan fingerprint density at radius 3 is 2.58 bits per heavy atom. The van der Waals surface area contributed by atoms with Crippen LogP contribution in [0.3, 0.4) is 0 Å². The minimum absolute atomic E-state index is 0.00556. The van der Waals surface area contributed by atoms with Crippen molar-refractivity contribution >= 4 is 17.1 Å². The first-order valence-corrected chi connectivity index (χ1v) is 9.01. The summed E-state index contributed by atoms with van der Waals surface area (Å²) in [7, 11) is 0. The summed E-state index contributed by atoms with van der Waals surface area (Å²) >= 11 is 0. The minimum Gasteiger partial charge on any atom is -0.506 e. The number of pyridine rings is 1. The largest absolute Gasteiger partial charge is 0.506 e. The summed E-state index contributed by atoms with van der Waals surface area (Å²) in [6, 6.07) is 15.6. The quantitative estimate of drug-likeness (QED) is 0.670. The van der Waals surface area contributed by atoms with Crippen LogP contribution >= 0.6 is 0 Å². The van der Waals surface area contributed by atoms with Gasteiger partial charge in [0, 0.05) is 18.1 Å². The van der Waals surface area contributed by atoms with Crippen LogP contribution in [-0.4, -0.2) is 15.9 Å². The van der Waals surface area contributed by atoms with E-state index in [9.17, 15) is 9.90 Å². The molecule has 0 bridgehead atoms. The SMILES string of the molecule is CCCCn1c(=O)c(C=NCc2ccc(C)cc2)c(O)c2ccccc21. The normalized spacial score (nSPS) is 11.5. The number of hydrogen-bond acceptors (Lipinski definition) is 3. The maximum absolute atomic E-state index is 12.9. The van der Waals surface area contributed by atoms with Crippen LogP contribution in [0.4, 0.5) is 0 Å². The van der Waals surface area contributed by atoms with Gasteiger partial charge in [0.1, 0.15) is 11.3 Å². The Morgan fingerprint density at radius 2 is 1.85 bits per heavy atom. The Hall–Kier alpha value is -2.88. The van der Waals surface area contributed by atoms with Crippen LogP contribution in [-0.2, 0) is 13.1 Å². The fourth-order valence-electron chi connectivity index (χ4n) is 3.00. The lowest BCUT2D eigenvalue weighted by molar-refractivity contribution is 0.477. The van der Waals surface area contributed by atoms with Gasteiger partial charge in [-0.25, -0.2) is 0 Å². The van der Waals surface area contributed by atoms with Crippen molar-refractivity contribution in [3.63, 3.8) is 0 Å². The van der Waals surface area contributed by atoms with Gasteiger partial charge >= 0.3 is 0 Å². The Morgan fingerprint density at radius 1 is 1.12 bits per heavy atom. The molecule has 0 aliphatic carbocycles. The van der Waals surface area contributed by atoms with E-state index in [2.05, 4.69) is 11.9 Å². The summed E-state index contributed by atoms with van der Waals surface area (Å²) < 4.78 is 1.74. The van der Waals surface area contributed by atoms with Crippen LogP contribution in [0.5, 0.6) is 5.75 Å². The molecule has 0 amide bonds. The number of unbranched alkanes of at least 4 members (excludes halogenated alkanes) is 1. The topological polar surface area (TPSA) is 54.6 Å². The summed E-state index contributed by atoms with van der Waals surface area (Å²) in [5.74, 6) is 0.00556. The summed E-state index contributed by atoms with van der Waals surface area (Å²) in [4.78, 5) is 17.3. The van der Waals surface area contributed by atoms with Gasteiger partial charge in [-0.15, -0.1) is 0 Å². The highest BCUT2D eigenvalue weighted by Gasteiger charge is 2.14. The Bertz CT molecular complexity index is 985. The number of fused-ring (bicyclic) bond motifs is 1. The molecule has 0 spiro atoms. The van der Waals surface area contributed by atoms with Crippen LogP contribution in [0.25, 0.3) is 10.9 Å². The first-order valence-electron chi connectivity index (χ1n) is 9.01. The van der Waals surface area contributed by atoms with Crippen molar-refractivity contribution in [1.29, 1.82) is 0 Å². The Balaban J connectivity index is 2.00.